The van der Waals surface area contributed by atoms with Gasteiger partial charge >= 0.3 is 0 Å². The standard InChI is InChI=1S/C19H17FN2O2/c1-19(13-21)17(11-22(23)12-18(19)20)14-7-9-16(10-8-14)24-15-5-3-2-4-6-15/h2-10,12,17,22H,11H2,1H3. The Balaban J connectivity index is 1.85. The number of benzene rings is 2. The molecule has 0 aliphatic carbocycles. The molecule has 0 bridgehead atoms. The van der Waals surface area contributed by atoms with Crippen molar-refractivity contribution in [2.45, 2.75) is 12.8 Å². The molecule has 0 saturated heterocycles. The van der Waals surface area contributed by atoms with Crippen LogP contribution in [0.4, 0.5) is 4.39 Å². The third-order valence-corrected chi connectivity index (χ3v) is 4.38. The van der Waals surface area contributed by atoms with Gasteiger partial charge in [-0.25, -0.2) is 4.39 Å². The number of para-hydroxylation sites is 1. The Bertz CT molecular complexity index is 783. The second kappa shape index (κ2) is 6.44. The van der Waals surface area contributed by atoms with E-state index in [4.69, 9.17) is 4.74 Å². The van der Waals surface area contributed by atoms with Crippen LogP contribution in [0.1, 0.15) is 18.4 Å². The molecule has 0 saturated carbocycles. The van der Waals surface area contributed by atoms with Crippen LogP contribution in [0.25, 0.3) is 0 Å². The van der Waals surface area contributed by atoms with E-state index in [1.165, 1.54) is 6.92 Å². The van der Waals surface area contributed by atoms with Gasteiger partial charge in [0.05, 0.1) is 18.5 Å². The molecule has 3 atom stereocenters. The summed E-state index contributed by atoms with van der Waals surface area (Å²) in [6.45, 7) is 1.65. The first kappa shape index (κ1) is 16.2. The average Bonchev–Trinajstić information content (AvgIpc) is 2.60. The van der Waals surface area contributed by atoms with Crippen molar-refractivity contribution >= 4 is 0 Å². The van der Waals surface area contributed by atoms with E-state index in [1.807, 2.05) is 36.4 Å². The maximum Gasteiger partial charge on any atom is 0.174 e. The molecule has 0 aromatic heterocycles. The summed E-state index contributed by atoms with van der Waals surface area (Å²) in [5.74, 6) is 0.178. The summed E-state index contributed by atoms with van der Waals surface area (Å²) in [7, 11) is 0. The van der Waals surface area contributed by atoms with Crippen LogP contribution in [0.15, 0.2) is 66.6 Å². The Morgan fingerprint density at radius 2 is 1.79 bits per heavy atom. The lowest BCUT2D eigenvalue weighted by Crippen LogP contribution is -3.04. The number of halogens is 1. The van der Waals surface area contributed by atoms with Crippen LogP contribution in [-0.4, -0.2) is 6.54 Å². The minimum absolute atomic E-state index is 0.121. The molecule has 0 amide bonds. The monoisotopic (exact) mass is 324 g/mol. The van der Waals surface area contributed by atoms with Crippen molar-refractivity contribution in [3.05, 3.63) is 77.4 Å². The van der Waals surface area contributed by atoms with E-state index in [0.29, 0.717) is 11.5 Å². The molecule has 1 aliphatic heterocycles. The fourth-order valence-electron chi connectivity index (χ4n) is 2.90. The van der Waals surface area contributed by atoms with Gasteiger partial charge in [0.1, 0.15) is 23.1 Å². The molecule has 0 fully saturated rings. The SMILES string of the molecule is CC1(C#N)C(F)=C[NH+]([O-])CC1c1ccc(Oc2ccccc2)cc1. The molecule has 3 rings (SSSR count). The van der Waals surface area contributed by atoms with E-state index in [1.54, 1.807) is 24.3 Å². The lowest BCUT2D eigenvalue weighted by atomic mass is 9.72. The summed E-state index contributed by atoms with van der Waals surface area (Å²) in [4.78, 5) is 0. The maximum absolute atomic E-state index is 14.2. The molecule has 5 heteroatoms. The second-order valence-corrected chi connectivity index (χ2v) is 6.01. The van der Waals surface area contributed by atoms with Crippen molar-refractivity contribution < 1.29 is 14.2 Å². The fourth-order valence-corrected chi connectivity index (χ4v) is 2.90. The highest BCUT2D eigenvalue weighted by Crippen LogP contribution is 2.43. The zero-order chi connectivity index (χ0) is 17.2. The number of ether oxygens (including phenoxy) is 1. The molecule has 0 spiro atoms. The van der Waals surface area contributed by atoms with Gasteiger partial charge < -0.3 is 15.0 Å². The molecule has 2 aromatic rings. The van der Waals surface area contributed by atoms with E-state index >= 15 is 0 Å². The van der Waals surface area contributed by atoms with Gasteiger partial charge in [0.25, 0.3) is 0 Å². The first-order valence-corrected chi connectivity index (χ1v) is 7.67. The lowest BCUT2D eigenvalue weighted by Gasteiger charge is -2.37. The van der Waals surface area contributed by atoms with Crippen molar-refractivity contribution in [3.63, 3.8) is 0 Å². The van der Waals surface area contributed by atoms with Gasteiger partial charge in [-0.1, -0.05) is 30.3 Å². The summed E-state index contributed by atoms with van der Waals surface area (Å²) in [6, 6.07) is 18.5. The largest absolute Gasteiger partial charge is 0.629 e. The van der Waals surface area contributed by atoms with Crippen molar-refractivity contribution in [1.82, 2.24) is 0 Å². The molecule has 2 aromatic carbocycles. The number of rotatable bonds is 3. The summed E-state index contributed by atoms with van der Waals surface area (Å²) < 4.78 is 19.9. The van der Waals surface area contributed by atoms with Crippen LogP contribution < -0.4 is 9.80 Å². The molecular weight excluding hydrogens is 307 g/mol. The summed E-state index contributed by atoms with van der Waals surface area (Å²) in [6.07, 6.45) is 0.937. The normalized spacial score (nSPS) is 26.3. The molecule has 1 heterocycles. The molecular formula is C19H17FN2O2. The van der Waals surface area contributed by atoms with Crippen LogP contribution in [-0.2, 0) is 0 Å². The second-order valence-electron chi connectivity index (χ2n) is 6.01. The minimum atomic E-state index is -1.32. The zero-order valence-electron chi connectivity index (χ0n) is 13.2. The van der Waals surface area contributed by atoms with E-state index in [2.05, 4.69) is 0 Å². The van der Waals surface area contributed by atoms with E-state index in [9.17, 15) is 14.9 Å². The Morgan fingerprint density at radius 3 is 2.42 bits per heavy atom. The van der Waals surface area contributed by atoms with Gasteiger partial charge in [0, 0.05) is 0 Å². The highest BCUT2D eigenvalue weighted by molar-refractivity contribution is 5.37. The highest BCUT2D eigenvalue weighted by Gasteiger charge is 2.45. The number of quaternary nitrogens is 1. The Labute approximate surface area is 140 Å². The van der Waals surface area contributed by atoms with Gasteiger partial charge in [0.2, 0.25) is 0 Å². The summed E-state index contributed by atoms with van der Waals surface area (Å²) >= 11 is 0. The summed E-state index contributed by atoms with van der Waals surface area (Å²) in [5, 5.41) is 20.8. The van der Waals surface area contributed by atoms with E-state index in [0.717, 1.165) is 11.8 Å². The topological polar surface area (TPSA) is 60.5 Å². The van der Waals surface area contributed by atoms with Crippen molar-refractivity contribution in [2.24, 2.45) is 5.41 Å². The van der Waals surface area contributed by atoms with Crippen LogP contribution in [0, 0.1) is 22.0 Å². The third kappa shape index (κ3) is 3.02. The smallest absolute Gasteiger partial charge is 0.174 e. The van der Waals surface area contributed by atoms with Gasteiger partial charge in [-0.15, -0.1) is 0 Å². The predicted molar refractivity (Wildman–Crippen MR) is 87.8 cm³/mol. The maximum atomic E-state index is 14.2. The molecule has 1 aliphatic rings. The van der Waals surface area contributed by atoms with Gasteiger partial charge in [-0.2, -0.15) is 5.26 Å². The number of allylic oxidation sites excluding steroid dienone is 1. The summed E-state index contributed by atoms with van der Waals surface area (Å²) in [5.41, 5.74) is -0.577. The third-order valence-electron chi connectivity index (χ3n) is 4.38. The van der Waals surface area contributed by atoms with Gasteiger partial charge in [-0.05, 0) is 36.8 Å². The van der Waals surface area contributed by atoms with Crippen LogP contribution in [0.3, 0.4) is 0 Å². The first-order chi connectivity index (χ1) is 11.5. The first-order valence-electron chi connectivity index (χ1n) is 7.67. The molecule has 4 nitrogen and oxygen atoms in total. The van der Waals surface area contributed by atoms with Crippen LogP contribution in [0.5, 0.6) is 11.5 Å². The number of hydroxylamine groups is 2. The molecule has 1 N–H and O–H groups in total. The van der Waals surface area contributed by atoms with Gasteiger partial charge in [-0.3, -0.25) is 0 Å². The predicted octanol–water partition coefficient (Wildman–Crippen LogP) is 3.30. The quantitative estimate of drug-likeness (QED) is 0.881. The highest BCUT2D eigenvalue weighted by atomic mass is 19.1. The number of nitrogens with zero attached hydrogens (tertiary/aromatic N) is 1. The van der Waals surface area contributed by atoms with Gasteiger partial charge in [0.15, 0.2) is 5.83 Å². The Kier molecular flexibility index (Phi) is 4.34. The minimum Gasteiger partial charge on any atom is -0.629 e. The molecule has 122 valence electrons. The lowest BCUT2D eigenvalue weighted by molar-refractivity contribution is -0.798. The Morgan fingerprint density at radius 1 is 1.17 bits per heavy atom. The molecule has 24 heavy (non-hydrogen) atoms. The fraction of sp³-hybridized carbons (Fsp3) is 0.211. The van der Waals surface area contributed by atoms with Crippen molar-refractivity contribution in [2.75, 3.05) is 6.54 Å². The molecule has 3 unspecified atom stereocenters. The number of hydrogen-bond donors (Lipinski definition) is 1. The van der Waals surface area contributed by atoms with E-state index in [-0.39, 0.29) is 11.6 Å². The Hall–Kier alpha value is -2.68. The van der Waals surface area contributed by atoms with Crippen molar-refractivity contribution in [1.29, 1.82) is 5.26 Å². The number of nitriles is 1. The van der Waals surface area contributed by atoms with Crippen LogP contribution >= 0.6 is 0 Å². The number of nitrogens with one attached hydrogen (secondary N) is 1. The number of hydrogen-bond acceptors (Lipinski definition) is 3. The zero-order valence-corrected chi connectivity index (χ0v) is 13.2. The molecule has 0 radical (unpaired) electrons. The van der Waals surface area contributed by atoms with E-state index < -0.39 is 17.2 Å². The van der Waals surface area contributed by atoms with Crippen molar-refractivity contribution in [3.8, 4) is 17.6 Å². The average molecular weight is 324 g/mol. The van der Waals surface area contributed by atoms with Crippen LogP contribution in [0.2, 0.25) is 0 Å².